The average Bonchev–Trinajstić information content (AvgIpc) is 1.99. The molecule has 0 aliphatic heterocycles. The van der Waals surface area contributed by atoms with Crippen molar-refractivity contribution in [2.75, 3.05) is 0 Å². The first kappa shape index (κ1) is 12.8. The van der Waals surface area contributed by atoms with Crippen LogP contribution in [0, 0.1) is 0 Å². The minimum absolute atomic E-state index is 0.0436. The molecule has 0 amide bonds. The lowest BCUT2D eigenvalue weighted by molar-refractivity contribution is 0.378. The molecule has 84 valence electrons. The van der Waals surface area contributed by atoms with Crippen molar-refractivity contribution >= 4 is 23.2 Å². The maximum absolute atomic E-state index is 6.13. The normalized spacial score (nSPS) is 14.0. The second kappa shape index (κ2) is 4.73. The summed E-state index contributed by atoms with van der Waals surface area (Å²) in [6, 6.07) is 5.73. The van der Waals surface area contributed by atoms with Crippen LogP contribution in [-0.2, 0) is 0 Å². The van der Waals surface area contributed by atoms with Gasteiger partial charge < -0.3 is 5.32 Å². The summed E-state index contributed by atoms with van der Waals surface area (Å²) in [7, 11) is 0. The first-order chi connectivity index (χ1) is 6.81. The number of nitrogens with one attached hydrogen (secondary N) is 1. The minimum atomic E-state index is 0.0436. The van der Waals surface area contributed by atoms with Crippen LogP contribution in [0.3, 0.4) is 0 Å². The molecule has 3 heteroatoms. The smallest absolute Gasteiger partial charge is 0.0468 e. The Kier molecular flexibility index (Phi) is 4.05. The van der Waals surface area contributed by atoms with Gasteiger partial charge >= 0.3 is 0 Å². The summed E-state index contributed by atoms with van der Waals surface area (Å²) in [6.45, 7) is 8.43. The third-order valence-corrected chi connectivity index (χ3v) is 2.74. The summed E-state index contributed by atoms with van der Waals surface area (Å²) in [5, 5.41) is 4.88. The second-order valence-electron chi connectivity index (χ2n) is 4.75. The molecule has 0 saturated carbocycles. The van der Waals surface area contributed by atoms with Gasteiger partial charge in [0.05, 0.1) is 0 Å². The molecule has 1 nitrogen and oxygen atoms in total. The topological polar surface area (TPSA) is 12.0 Å². The van der Waals surface area contributed by atoms with Gasteiger partial charge in [0.1, 0.15) is 0 Å². The summed E-state index contributed by atoms with van der Waals surface area (Å²) in [6.07, 6.45) is 0. The molecule has 15 heavy (non-hydrogen) atoms. The van der Waals surface area contributed by atoms with Crippen LogP contribution in [0.15, 0.2) is 18.2 Å². The van der Waals surface area contributed by atoms with Crippen molar-refractivity contribution < 1.29 is 0 Å². The van der Waals surface area contributed by atoms with Crippen molar-refractivity contribution in [1.82, 2.24) is 5.32 Å². The lowest BCUT2D eigenvalue weighted by Crippen LogP contribution is -2.37. The number of hydrogen-bond acceptors (Lipinski definition) is 1. The largest absolute Gasteiger partial charge is 0.305 e. The van der Waals surface area contributed by atoms with Gasteiger partial charge in [-0.25, -0.2) is 0 Å². The monoisotopic (exact) mass is 245 g/mol. The van der Waals surface area contributed by atoms with Gasteiger partial charge in [0, 0.05) is 27.2 Å². The molecule has 0 aliphatic rings. The van der Waals surface area contributed by atoms with Crippen molar-refractivity contribution in [2.24, 2.45) is 0 Å². The van der Waals surface area contributed by atoms with Crippen LogP contribution in [0.4, 0.5) is 0 Å². The Morgan fingerprint density at radius 3 is 2.00 bits per heavy atom. The number of rotatable bonds is 2. The number of halogens is 2. The van der Waals surface area contributed by atoms with E-state index in [1.54, 1.807) is 0 Å². The van der Waals surface area contributed by atoms with Crippen molar-refractivity contribution in [1.29, 1.82) is 0 Å². The van der Waals surface area contributed by atoms with Crippen LogP contribution in [-0.4, -0.2) is 5.54 Å². The van der Waals surface area contributed by atoms with E-state index < -0.39 is 0 Å². The van der Waals surface area contributed by atoms with E-state index in [9.17, 15) is 0 Å². The molecule has 0 radical (unpaired) electrons. The van der Waals surface area contributed by atoms with Crippen molar-refractivity contribution in [3.8, 4) is 0 Å². The van der Waals surface area contributed by atoms with Crippen molar-refractivity contribution in [3.05, 3.63) is 33.8 Å². The average molecular weight is 246 g/mol. The van der Waals surface area contributed by atoms with Gasteiger partial charge in [-0.1, -0.05) is 29.3 Å². The maximum atomic E-state index is 6.13. The molecular formula is C12H17Cl2N. The van der Waals surface area contributed by atoms with E-state index in [2.05, 4.69) is 33.0 Å². The van der Waals surface area contributed by atoms with Crippen LogP contribution >= 0.6 is 23.2 Å². The molecule has 0 aromatic heterocycles. The van der Waals surface area contributed by atoms with E-state index in [4.69, 9.17) is 23.2 Å². The zero-order valence-corrected chi connectivity index (χ0v) is 11.1. The number of hydrogen-bond donors (Lipinski definition) is 1. The molecule has 1 atom stereocenters. The fourth-order valence-corrected chi connectivity index (χ4v) is 2.37. The SMILES string of the molecule is CC(NC(C)(C)C)c1c(Cl)cccc1Cl. The van der Waals surface area contributed by atoms with Gasteiger partial charge in [-0.3, -0.25) is 0 Å². The van der Waals surface area contributed by atoms with Gasteiger partial charge in [-0.2, -0.15) is 0 Å². The fraction of sp³-hybridized carbons (Fsp3) is 0.500. The molecule has 1 N–H and O–H groups in total. The quantitative estimate of drug-likeness (QED) is 0.813. The molecule has 0 heterocycles. The summed E-state index contributed by atoms with van der Waals surface area (Å²) in [5.41, 5.74) is 1.01. The summed E-state index contributed by atoms with van der Waals surface area (Å²) in [5.74, 6) is 0. The molecule has 0 spiro atoms. The Hall–Kier alpha value is -0.240. The van der Waals surface area contributed by atoms with E-state index >= 15 is 0 Å². The Morgan fingerprint density at radius 2 is 1.60 bits per heavy atom. The summed E-state index contributed by atoms with van der Waals surface area (Å²) >= 11 is 12.3. The van der Waals surface area contributed by atoms with Crippen LogP contribution in [0.2, 0.25) is 10.0 Å². The highest BCUT2D eigenvalue weighted by Crippen LogP contribution is 2.30. The van der Waals surface area contributed by atoms with Gasteiger partial charge in [-0.05, 0) is 39.8 Å². The van der Waals surface area contributed by atoms with Crippen LogP contribution in [0.25, 0.3) is 0 Å². The molecule has 1 unspecified atom stereocenters. The highest BCUT2D eigenvalue weighted by atomic mass is 35.5. The van der Waals surface area contributed by atoms with E-state index in [-0.39, 0.29) is 11.6 Å². The second-order valence-corrected chi connectivity index (χ2v) is 5.57. The highest BCUT2D eigenvalue weighted by Gasteiger charge is 2.18. The van der Waals surface area contributed by atoms with E-state index in [0.717, 1.165) is 5.56 Å². The first-order valence-electron chi connectivity index (χ1n) is 5.03. The standard InChI is InChI=1S/C12H17Cl2N/c1-8(15-12(2,3)4)11-9(13)6-5-7-10(11)14/h5-8,15H,1-4H3. The zero-order chi connectivity index (χ0) is 11.6. The Morgan fingerprint density at radius 1 is 1.13 bits per heavy atom. The highest BCUT2D eigenvalue weighted by molar-refractivity contribution is 6.36. The van der Waals surface area contributed by atoms with Crippen molar-refractivity contribution in [3.63, 3.8) is 0 Å². The van der Waals surface area contributed by atoms with Gasteiger partial charge in [-0.15, -0.1) is 0 Å². The Bertz CT molecular complexity index is 322. The number of benzene rings is 1. The van der Waals surface area contributed by atoms with Gasteiger partial charge in [0.25, 0.3) is 0 Å². The lowest BCUT2D eigenvalue weighted by atomic mass is 10.0. The van der Waals surface area contributed by atoms with Crippen LogP contribution < -0.4 is 5.32 Å². The van der Waals surface area contributed by atoms with Crippen molar-refractivity contribution in [2.45, 2.75) is 39.3 Å². The Labute approximate surface area is 102 Å². The van der Waals surface area contributed by atoms with E-state index in [0.29, 0.717) is 10.0 Å². The third-order valence-electron chi connectivity index (χ3n) is 2.08. The maximum Gasteiger partial charge on any atom is 0.0468 e. The summed E-state index contributed by atoms with van der Waals surface area (Å²) in [4.78, 5) is 0. The van der Waals surface area contributed by atoms with Gasteiger partial charge in [0.15, 0.2) is 0 Å². The first-order valence-corrected chi connectivity index (χ1v) is 5.78. The molecule has 1 aromatic carbocycles. The molecule has 0 fully saturated rings. The lowest BCUT2D eigenvalue weighted by Gasteiger charge is -2.27. The van der Waals surface area contributed by atoms with Gasteiger partial charge in [0.2, 0.25) is 0 Å². The molecule has 0 bridgehead atoms. The molecule has 0 aliphatic carbocycles. The van der Waals surface area contributed by atoms with E-state index in [1.807, 2.05) is 18.2 Å². The minimum Gasteiger partial charge on any atom is -0.305 e. The third kappa shape index (κ3) is 3.67. The molecular weight excluding hydrogens is 229 g/mol. The summed E-state index contributed by atoms with van der Waals surface area (Å²) < 4.78 is 0. The molecule has 0 saturated heterocycles. The zero-order valence-electron chi connectivity index (χ0n) is 9.57. The Balaban J connectivity index is 2.96. The fourth-order valence-electron chi connectivity index (χ4n) is 1.65. The molecule has 1 aromatic rings. The van der Waals surface area contributed by atoms with Crippen LogP contribution in [0.5, 0.6) is 0 Å². The van der Waals surface area contributed by atoms with Crippen LogP contribution in [0.1, 0.15) is 39.3 Å². The predicted octanol–water partition coefficient (Wildman–Crippen LogP) is 4.44. The van der Waals surface area contributed by atoms with E-state index in [1.165, 1.54) is 0 Å². The molecule has 1 rings (SSSR count). The predicted molar refractivity (Wildman–Crippen MR) is 67.8 cm³/mol.